The van der Waals surface area contributed by atoms with Crippen molar-refractivity contribution in [3.8, 4) is 0 Å². The molecule has 0 unspecified atom stereocenters. The molecule has 2 aliphatic carbocycles. The minimum Gasteiger partial charge on any atom is -0.481 e. The Bertz CT molecular complexity index is 773. The topological polar surface area (TPSA) is 58.9 Å². The Kier molecular flexibility index (Phi) is 4.85. The van der Waals surface area contributed by atoms with Gasteiger partial charge in [0.2, 0.25) is 0 Å². The van der Waals surface area contributed by atoms with Crippen LogP contribution in [-0.4, -0.2) is 23.9 Å². The minimum atomic E-state index is -0.792. The lowest BCUT2D eigenvalue weighted by Gasteiger charge is -2.53. The number of oxime groups is 1. The summed E-state index contributed by atoms with van der Waals surface area (Å²) in [5, 5.41) is 15.0. The van der Waals surface area contributed by atoms with Crippen LogP contribution in [0.25, 0.3) is 0 Å². The summed E-state index contributed by atoms with van der Waals surface area (Å²) in [6.07, 6.45) is 3.10. The van der Waals surface area contributed by atoms with E-state index in [1.807, 2.05) is 13.0 Å². The van der Waals surface area contributed by atoms with Crippen molar-refractivity contribution in [2.24, 2.45) is 16.5 Å². The van der Waals surface area contributed by atoms with E-state index in [1.54, 1.807) is 0 Å². The molecule has 4 nitrogen and oxygen atoms in total. The quantitative estimate of drug-likeness (QED) is 0.720. The number of carboxylic acids is 1. The standard InChI is InChI=1S/C21H28ClNO3/c1-12(2)13-9-14-16(23-26-5)11-17-20(3,18(14)15(22)10-13)7-6-8-21(17,4)19(24)25/h9-10,12,17H,6-8,11H2,1-5H3,(H,24,25)/b23-16+/t17-,20+,21-/m1/s1. The molecule has 0 radical (unpaired) electrons. The minimum absolute atomic E-state index is 0.0648. The summed E-state index contributed by atoms with van der Waals surface area (Å²) < 4.78 is 0. The highest BCUT2D eigenvalue weighted by Gasteiger charge is 2.57. The highest BCUT2D eigenvalue weighted by atomic mass is 35.5. The number of hydrogen-bond donors (Lipinski definition) is 1. The number of halogens is 1. The van der Waals surface area contributed by atoms with Crippen LogP contribution in [0.15, 0.2) is 17.3 Å². The Hall–Kier alpha value is -1.55. The second-order valence-electron chi connectivity index (χ2n) is 8.55. The summed E-state index contributed by atoms with van der Waals surface area (Å²) in [6.45, 7) is 8.34. The molecule has 1 aromatic carbocycles. The first-order valence-electron chi connectivity index (χ1n) is 9.33. The van der Waals surface area contributed by atoms with Gasteiger partial charge in [-0.15, -0.1) is 0 Å². The van der Waals surface area contributed by atoms with E-state index in [1.165, 1.54) is 7.11 Å². The monoisotopic (exact) mass is 377 g/mol. The summed E-state index contributed by atoms with van der Waals surface area (Å²) in [4.78, 5) is 17.3. The smallest absolute Gasteiger partial charge is 0.309 e. The fraction of sp³-hybridized carbons (Fsp3) is 0.619. The van der Waals surface area contributed by atoms with Gasteiger partial charge in [0.05, 0.1) is 11.1 Å². The molecule has 142 valence electrons. The number of rotatable bonds is 3. The molecule has 3 atom stereocenters. The van der Waals surface area contributed by atoms with Gasteiger partial charge in [0.25, 0.3) is 0 Å². The molecule has 0 saturated heterocycles. The van der Waals surface area contributed by atoms with E-state index in [0.717, 1.165) is 40.3 Å². The summed E-state index contributed by atoms with van der Waals surface area (Å²) in [5.74, 6) is -0.448. The Morgan fingerprint density at radius 2 is 2.04 bits per heavy atom. The van der Waals surface area contributed by atoms with Gasteiger partial charge in [0.15, 0.2) is 0 Å². The van der Waals surface area contributed by atoms with Crippen LogP contribution < -0.4 is 0 Å². The van der Waals surface area contributed by atoms with Gasteiger partial charge in [0.1, 0.15) is 7.11 Å². The van der Waals surface area contributed by atoms with Crippen LogP contribution in [-0.2, 0) is 15.0 Å². The van der Waals surface area contributed by atoms with Gasteiger partial charge < -0.3 is 9.94 Å². The average Bonchev–Trinajstić information content (AvgIpc) is 2.55. The lowest BCUT2D eigenvalue weighted by molar-refractivity contribution is -0.156. The zero-order chi connectivity index (χ0) is 19.3. The van der Waals surface area contributed by atoms with Crippen molar-refractivity contribution in [2.45, 2.75) is 64.7 Å². The Morgan fingerprint density at radius 3 is 2.62 bits per heavy atom. The van der Waals surface area contributed by atoms with Crippen molar-refractivity contribution < 1.29 is 14.7 Å². The Labute approximate surface area is 160 Å². The number of nitrogens with zero attached hydrogens (tertiary/aromatic N) is 1. The van der Waals surface area contributed by atoms with Crippen molar-refractivity contribution in [3.63, 3.8) is 0 Å². The van der Waals surface area contributed by atoms with Gasteiger partial charge >= 0.3 is 5.97 Å². The van der Waals surface area contributed by atoms with Crippen LogP contribution in [0.5, 0.6) is 0 Å². The van der Waals surface area contributed by atoms with Crippen molar-refractivity contribution >= 4 is 23.3 Å². The maximum Gasteiger partial charge on any atom is 0.309 e. The molecular formula is C21H28ClNO3. The molecule has 0 aromatic heterocycles. The molecule has 1 fully saturated rings. The maximum absolute atomic E-state index is 12.2. The second-order valence-corrected chi connectivity index (χ2v) is 8.96. The highest BCUT2D eigenvalue weighted by molar-refractivity contribution is 6.32. The fourth-order valence-electron chi connectivity index (χ4n) is 5.15. The zero-order valence-corrected chi connectivity index (χ0v) is 17.0. The molecule has 1 aromatic rings. The molecular weight excluding hydrogens is 350 g/mol. The molecule has 2 aliphatic rings. The van der Waals surface area contributed by atoms with Crippen LogP contribution in [0.3, 0.4) is 0 Å². The number of fused-ring (bicyclic) bond motifs is 3. The third-order valence-electron chi connectivity index (χ3n) is 6.68. The van der Waals surface area contributed by atoms with Gasteiger partial charge in [-0.3, -0.25) is 4.79 Å². The first-order chi connectivity index (χ1) is 12.1. The molecule has 1 N–H and O–H groups in total. The average molecular weight is 378 g/mol. The SMILES string of the molecule is CO/N=C1\C[C@H]2[C@](C)(C(=O)O)CCC[C@]2(C)c2c(Cl)cc(C(C)C)cc21. The first kappa shape index (κ1) is 19.2. The summed E-state index contributed by atoms with van der Waals surface area (Å²) >= 11 is 6.80. The largest absolute Gasteiger partial charge is 0.481 e. The van der Waals surface area contributed by atoms with Crippen LogP contribution in [0.4, 0.5) is 0 Å². The predicted molar refractivity (Wildman–Crippen MR) is 104 cm³/mol. The summed E-state index contributed by atoms with van der Waals surface area (Å²) in [6, 6.07) is 4.20. The molecule has 0 heterocycles. The van der Waals surface area contributed by atoms with E-state index >= 15 is 0 Å². The van der Waals surface area contributed by atoms with E-state index in [9.17, 15) is 9.90 Å². The van der Waals surface area contributed by atoms with Crippen LogP contribution >= 0.6 is 11.6 Å². The lowest BCUT2D eigenvalue weighted by atomic mass is 9.49. The lowest BCUT2D eigenvalue weighted by Crippen LogP contribution is -2.53. The van der Waals surface area contributed by atoms with Gasteiger partial charge in [0, 0.05) is 10.6 Å². The molecule has 3 rings (SSSR count). The van der Waals surface area contributed by atoms with Crippen molar-refractivity contribution in [1.82, 2.24) is 0 Å². The Morgan fingerprint density at radius 1 is 1.35 bits per heavy atom. The molecule has 0 bridgehead atoms. The van der Waals surface area contributed by atoms with E-state index < -0.39 is 11.4 Å². The third-order valence-corrected chi connectivity index (χ3v) is 6.98. The van der Waals surface area contributed by atoms with Gasteiger partial charge in [-0.2, -0.15) is 0 Å². The normalized spacial score (nSPS) is 32.3. The number of aliphatic carboxylic acids is 1. The molecule has 0 amide bonds. The highest BCUT2D eigenvalue weighted by Crippen LogP contribution is 2.58. The van der Waals surface area contributed by atoms with Gasteiger partial charge in [-0.1, -0.05) is 43.9 Å². The molecule has 0 spiro atoms. The number of carbonyl (C=O) groups is 1. The summed E-state index contributed by atoms with van der Waals surface area (Å²) in [5.41, 5.74) is 2.97. The van der Waals surface area contributed by atoms with E-state index in [-0.39, 0.29) is 11.3 Å². The Balaban J connectivity index is 2.28. The van der Waals surface area contributed by atoms with Crippen LogP contribution in [0.1, 0.15) is 76.0 Å². The van der Waals surface area contributed by atoms with Crippen LogP contribution in [0, 0.1) is 11.3 Å². The first-order valence-corrected chi connectivity index (χ1v) is 9.70. The van der Waals surface area contributed by atoms with Crippen LogP contribution in [0.2, 0.25) is 5.02 Å². The molecule has 5 heteroatoms. The zero-order valence-electron chi connectivity index (χ0n) is 16.2. The van der Waals surface area contributed by atoms with Crippen molar-refractivity contribution in [1.29, 1.82) is 0 Å². The number of hydrogen-bond acceptors (Lipinski definition) is 3. The van der Waals surface area contributed by atoms with E-state index in [4.69, 9.17) is 16.4 Å². The van der Waals surface area contributed by atoms with Gasteiger partial charge in [-0.05, 0) is 66.7 Å². The summed E-state index contributed by atoms with van der Waals surface area (Å²) in [7, 11) is 1.53. The van der Waals surface area contributed by atoms with E-state index in [2.05, 4.69) is 32.0 Å². The van der Waals surface area contributed by atoms with E-state index in [0.29, 0.717) is 18.8 Å². The molecule has 1 saturated carbocycles. The second kappa shape index (κ2) is 6.56. The van der Waals surface area contributed by atoms with Gasteiger partial charge in [-0.25, -0.2) is 0 Å². The molecule has 26 heavy (non-hydrogen) atoms. The number of carboxylic acid groups (broad SMARTS) is 1. The van der Waals surface area contributed by atoms with Crippen molar-refractivity contribution in [2.75, 3.05) is 7.11 Å². The fourth-order valence-corrected chi connectivity index (χ4v) is 5.59. The third kappa shape index (κ3) is 2.74. The number of benzene rings is 1. The van der Waals surface area contributed by atoms with Crippen molar-refractivity contribution in [3.05, 3.63) is 33.8 Å². The maximum atomic E-state index is 12.2. The predicted octanol–water partition coefficient (Wildman–Crippen LogP) is 5.37. The molecule has 0 aliphatic heterocycles.